The molecule has 0 aliphatic heterocycles. The number of benzene rings is 8. The van der Waals surface area contributed by atoms with E-state index in [1.807, 2.05) is 85.2 Å². The predicted octanol–water partition coefficient (Wildman–Crippen LogP) is 16.2. The molecule has 0 unspecified atom stereocenters. The highest BCUT2D eigenvalue weighted by molar-refractivity contribution is 5.95. The van der Waals surface area contributed by atoms with Crippen LogP contribution >= 0.6 is 0 Å². The highest BCUT2D eigenvalue weighted by Gasteiger charge is 2.18. The van der Waals surface area contributed by atoms with Crippen LogP contribution in [0.4, 0.5) is 0 Å². The molecule has 0 aliphatic carbocycles. The first-order valence-corrected chi connectivity index (χ1v) is 22.5. The van der Waals surface area contributed by atoms with Gasteiger partial charge in [0.15, 0.2) is 0 Å². The van der Waals surface area contributed by atoms with E-state index in [2.05, 4.69) is 158 Å². The second-order valence-electron chi connectivity index (χ2n) is 16.6. The molecule has 0 atom stereocenters. The predicted molar refractivity (Wildman–Crippen MR) is 276 cm³/mol. The topological polar surface area (TPSA) is 58.9 Å². The summed E-state index contributed by atoms with van der Waals surface area (Å²) in [5, 5.41) is 11.9. The van der Waals surface area contributed by atoms with Crippen LogP contribution in [0.15, 0.2) is 255 Å². The molecule has 316 valence electrons. The normalized spacial score (nSPS) is 11.0. The summed E-state index contributed by atoms with van der Waals surface area (Å²) in [5.41, 5.74) is 19.8. The number of pyridine rings is 3. The van der Waals surface area contributed by atoms with Gasteiger partial charge in [0.25, 0.3) is 0 Å². The van der Waals surface area contributed by atoms with E-state index >= 15 is 0 Å². The molecule has 1 N–H and O–H groups in total. The van der Waals surface area contributed by atoms with E-state index in [1.54, 1.807) is 12.3 Å². The molecule has 8 aromatic carbocycles. The van der Waals surface area contributed by atoms with E-state index < -0.39 is 0 Å². The minimum atomic E-state index is 0.160. The first kappa shape index (κ1) is 40.8. The fraction of sp³-hybridized carbons (Fsp3) is 0. The van der Waals surface area contributed by atoms with Gasteiger partial charge >= 0.3 is 0 Å². The summed E-state index contributed by atoms with van der Waals surface area (Å²) in [7, 11) is 0. The lowest BCUT2D eigenvalue weighted by Gasteiger charge is -2.18. The largest absolute Gasteiger partial charge is 0.507 e. The van der Waals surface area contributed by atoms with Crippen LogP contribution in [0.5, 0.6) is 5.75 Å². The van der Waals surface area contributed by atoms with Crippen molar-refractivity contribution in [2.45, 2.75) is 0 Å². The van der Waals surface area contributed by atoms with Gasteiger partial charge in [0.05, 0.1) is 17.1 Å². The molecule has 3 heterocycles. The van der Waals surface area contributed by atoms with Gasteiger partial charge in [-0.25, -0.2) is 0 Å². The van der Waals surface area contributed by atoms with Crippen molar-refractivity contribution in [2.24, 2.45) is 0 Å². The van der Waals surface area contributed by atoms with Crippen molar-refractivity contribution in [3.05, 3.63) is 255 Å². The van der Waals surface area contributed by atoms with Crippen LogP contribution in [0, 0.1) is 0 Å². The molecule has 0 saturated carbocycles. The number of nitrogens with zero attached hydrogens (tertiary/aromatic N) is 3. The molecule has 3 aromatic heterocycles. The standard InChI is InChI=1S/C63H43N3O/c67-63-39-62(47-24-16-23-46(35-47)43-17-4-1-5-18-43)66-42-59(63)58-30-15-14-29-57(58)52-37-50(55-27-12-10-25-53(55)48-31-33-60(64-40-48)44-19-6-2-7-20-44)36-51(38-52)56-28-13-11-26-54(56)49-32-34-61(65-41-49)45-21-8-3-9-22-45/h1-42H,(H,66,67). The van der Waals surface area contributed by atoms with Crippen LogP contribution in [-0.2, 0) is 0 Å². The molecule has 4 nitrogen and oxygen atoms in total. The van der Waals surface area contributed by atoms with Crippen molar-refractivity contribution >= 4 is 0 Å². The number of hydrogen-bond donors (Lipinski definition) is 1. The molecule has 0 spiro atoms. The van der Waals surface area contributed by atoms with Crippen LogP contribution < -0.4 is 0 Å². The van der Waals surface area contributed by atoms with E-state index in [1.165, 1.54) is 0 Å². The second kappa shape index (κ2) is 18.2. The lowest BCUT2D eigenvalue weighted by molar-refractivity contribution is 0.477. The van der Waals surface area contributed by atoms with Gasteiger partial charge in [-0.05, 0) is 97.6 Å². The minimum absolute atomic E-state index is 0.160. The van der Waals surface area contributed by atoms with Gasteiger partial charge in [0, 0.05) is 58.0 Å². The van der Waals surface area contributed by atoms with Crippen molar-refractivity contribution in [3.63, 3.8) is 0 Å². The highest BCUT2D eigenvalue weighted by Crippen LogP contribution is 2.44. The van der Waals surface area contributed by atoms with E-state index in [-0.39, 0.29) is 5.75 Å². The lowest BCUT2D eigenvalue weighted by Crippen LogP contribution is -1.93. The Bertz CT molecular complexity index is 3350. The van der Waals surface area contributed by atoms with Crippen molar-refractivity contribution in [3.8, 4) is 117 Å². The zero-order valence-electron chi connectivity index (χ0n) is 36.5. The van der Waals surface area contributed by atoms with Crippen molar-refractivity contribution < 1.29 is 5.11 Å². The Kier molecular flexibility index (Phi) is 11.1. The van der Waals surface area contributed by atoms with Gasteiger partial charge in [-0.1, -0.05) is 194 Å². The third kappa shape index (κ3) is 8.44. The van der Waals surface area contributed by atoms with E-state index in [4.69, 9.17) is 15.0 Å². The Morgan fingerprint density at radius 2 is 0.567 bits per heavy atom. The number of hydrogen-bond acceptors (Lipinski definition) is 4. The van der Waals surface area contributed by atoms with Crippen LogP contribution in [0.25, 0.3) is 112 Å². The molecule has 0 saturated heterocycles. The zero-order valence-corrected chi connectivity index (χ0v) is 36.5. The Balaban J connectivity index is 1.04. The first-order chi connectivity index (χ1) is 33.1. The SMILES string of the molecule is Oc1cc(-c2cccc(-c3ccccc3)c2)ncc1-c1ccccc1-c1cc(-c2ccccc2-c2ccc(-c3ccccc3)nc2)cc(-c2ccccc2-c2ccc(-c3ccccc3)nc2)c1. The molecular weight excluding hydrogens is 815 g/mol. The number of aromatic nitrogens is 3. The van der Waals surface area contributed by atoms with Gasteiger partial charge in [0.2, 0.25) is 0 Å². The first-order valence-electron chi connectivity index (χ1n) is 22.5. The highest BCUT2D eigenvalue weighted by atomic mass is 16.3. The van der Waals surface area contributed by atoms with Crippen molar-refractivity contribution in [1.82, 2.24) is 15.0 Å². The fourth-order valence-corrected chi connectivity index (χ4v) is 9.00. The van der Waals surface area contributed by atoms with Gasteiger partial charge in [-0.3, -0.25) is 15.0 Å². The summed E-state index contributed by atoms with van der Waals surface area (Å²) < 4.78 is 0. The smallest absolute Gasteiger partial charge is 0.127 e. The summed E-state index contributed by atoms with van der Waals surface area (Å²) in [6.45, 7) is 0. The molecule has 11 aromatic rings. The molecule has 0 fully saturated rings. The third-order valence-electron chi connectivity index (χ3n) is 12.4. The van der Waals surface area contributed by atoms with Crippen LogP contribution in [0.3, 0.4) is 0 Å². The van der Waals surface area contributed by atoms with Gasteiger partial charge < -0.3 is 5.11 Å². The molecule has 0 aliphatic rings. The zero-order chi connectivity index (χ0) is 44.9. The maximum atomic E-state index is 11.9. The molecule has 67 heavy (non-hydrogen) atoms. The summed E-state index contributed by atoms with van der Waals surface area (Å²) >= 11 is 0. The third-order valence-corrected chi connectivity index (χ3v) is 12.4. The van der Waals surface area contributed by atoms with Gasteiger partial charge in [-0.15, -0.1) is 0 Å². The minimum Gasteiger partial charge on any atom is -0.507 e. The van der Waals surface area contributed by atoms with Crippen molar-refractivity contribution in [1.29, 1.82) is 0 Å². The van der Waals surface area contributed by atoms with Crippen molar-refractivity contribution in [2.75, 3.05) is 0 Å². The van der Waals surface area contributed by atoms with E-state index in [0.717, 1.165) is 100 Å². The maximum absolute atomic E-state index is 11.9. The van der Waals surface area contributed by atoms with Crippen LogP contribution in [0.1, 0.15) is 0 Å². The summed E-state index contributed by atoms with van der Waals surface area (Å²) in [6, 6.07) is 81.6. The molecule has 4 heteroatoms. The monoisotopic (exact) mass is 857 g/mol. The number of aromatic hydroxyl groups is 1. The summed E-state index contributed by atoms with van der Waals surface area (Å²) in [4.78, 5) is 14.8. The van der Waals surface area contributed by atoms with Gasteiger partial charge in [-0.2, -0.15) is 0 Å². The Morgan fingerprint density at radius 3 is 1.01 bits per heavy atom. The molecule has 11 rings (SSSR count). The second-order valence-corrected chi connectivity index (χ2v) is 16.6. The average molecular weight is 858 g/mol. The van der Waals surface area contributed by atoms with Gasteiger partial charge in [0.1, 0.15) is 5.75 Å². The van der Waals surface area contributed by atoms with E-state index in [0.29, 0.717) is 11.3 Å². The molecule has 0 radical (unpaired) electrons. The quantitative estimate of drug-likeness (QED) is 0.149. The Morgan fingerprint density at radius 1 is 0.209 bits per heavy atom. The molecular formula is C63H43N3O. The van der Waals surface area contributed by atoms with Crippen LogP contribution in [0.2, 0.25) is 0 Å². The molecule has 0 bridgehead atoms. The van der Waals surface area contributed by atoms with Crippen LogP contribution in [-0.4, -0.2) is 20.1 Å². The lowest BCUT2D eigenvalue weighted by atomic mass is 9.86. The Hall–Kier alpha value is -8.99. The summed E-state index contributed by atoms with van der Waals surface area (Å²) in [6.07, 6.45) is 5.74. The number of rotatable bonds is 10. The molecule has 0 amide bonds. The Labute approximate surface area is 390 Å². The summed E-state index contributed by atoms with van der Waals surface area (Å²) in [5.74, 6) is 0.160. The maximum Gasteiger partial charge on any atom is 0.127 e. The average Bonchev–Trinajstić information content (AvgIpc) is 3.41. The fourth-order valence-electron chi connectivity index (χ4n) is 9.00. The van der Waals surface area contributed by atoms with E-state index in [9.17, 15) is 5.11 Å².